The van der Waals surface area contributed by atoms with Crippen molar-refractivity contribution in [3.05, 3.63) is 0 Å². The van der Waals surface area contributed by atoms with E-state index in [2.05, 4.69) is 26.1 Å². The standard InChI is InChI=1S/C26H45NO6S/c1-16(4-7-23(30)27-12-13-34(31,32)33)19-5-6-20-24-21(9-11-26(19,20)3)25(2)10-8-18(28)14-17(25)15-22(24)29/h16-22,24,28-29H,4-15H2,1-3H3,(H,27,30)(H,31,32,33)/t16-,17?,18-,19-,20+,21-,22-,24+,25+,26-/m1/s1. The van der Waals surface area contributed by atoms with E-state index < -0.39 is 15.9 Å². The van der Waals surface area contributed by atoms with Crippen LogP contribution in [0.5, 0.6) is 0 Å². The summed E-state index contributed by atoms with van der Waals surface area (Å²) in [6.07, 6.45) is 8.87. The highest BCUT2D eigenvalue weighted by Gasteiger charge is 2.62. The van der Waals surface area contributed by atoms with E-state index in [1.54, 1.807) is 0 Å². The highest BCUT2D eigenvalue weighted by molar-refractivity contribution is 7.85. The number of amides is 1. The molecule has 0 radical (unpaired) electrons. The summed E-state index contributed by atoms with van der Waals surface area (Å²) in [5, 5.41) is 24.2. The second kappa shape index (κ2) is 9.64. The van der Waals surface area contributed by atoms with Crippen LogP contribution < -0.4 is 5.32 Å². The van der Waals surface area contributed by atoms with Gasteiger partial charge in [-0.2, -0.15) is 8.42 Å². The molecule has 4 rings (SSSR count). The predicted octanol–water partition coefficient (Wildman–Crippen LogP) is 3.40. The third-order valence-electron chi connectivity index (χ3n) is 10.9. The topological polar surface area (TPSA) is 124 Å². The van der Waals surface area contributed by atoms with Crippen molar-refractivity contribution in [2.45, 2.75) is 97.2 Å². The summed E-state index contributed by atoms with van der Waals surface area (Å²) in [7, 11) is -4.06. The third-order valence-corrected chi connectivity index (χ3v) is 11.6. The Morgan fingerprint density at radius 3 is 2.41 bits per heavy atom. The maximum Gasteiger partial charge on any atom is 0.266 e. The first-order valence-electron chi connectivity index (χ1n) is 13.4. The van der Waals surface area contributed by atoms with Crippen LogP contribution in [0.3, 0.4) is 0 Å². The molecule has 0 heterocycles. The molecule has 4 aliphatic carbocycles. The second-order valence-electron chi connectivity index (χ2n) is 12.6. The van der Waals surface area contributed by atoms with Crippen LogP contribution in [0, 0.1) is 46.3 Å². The van der Waals surface area contributed by atoms with Crippen molar-refractivity contribution in [1.29, 1.82) is 0 Å². The number of aliphatic hydroxyl groups excluding tert-OH is 2. The van der Waals surface area contributed by atoms with Crippen LogP contribution in [0.1, 0.15) is 85.0 Å². The smallest absolute Gasteiger partial charge is 0.266 e. The summed E-state index contributed by atoms with van der Waals surface area (Å²) in [5.74, 6) is 2.10. The summed E-state index contributed by atoms with van der Waals surface area (Å²) in [5.41, 5.74) is 0.411. The Balaban J connectivity index is 1.39. The molecule has 0 aliphatic heterocycles. The van der Waals surface area contributed by atoms with Gasteiger partial charge in [-0.3, -0.25) is 9.35 Å². The van der Waals surface area contributed by atoms with Crippen molar-refractivity contribution < 1.29 is 28.0 Å². The predicted molar refractivity (Wildman–Crippen MR) is 130 cm³/mol. The molecular weight excluding hydrogens is 454 g/mol. The van der Waals surface area contributed by atoms with Crippen molar-refractivity contribution in [2.75, 3.05) is 12.3 Å². The van der Waals surface area contributed by atoms with E-state index in [0.717, 1.165) is 51.4 Å². The molecule has 10 atom stereocenters. The normalized spacial score (nSPS) is 45.1. The minimum Gasteiger partial charge on any atom is -0.393 e. The van der Waals surface area contributed by atoms with Gasteiger partial charge in [0.1, 0.15) is 0 Å². The SMILES string of the molecule is C[C@H](CCC(=O)NCCS(=O)(=O)O)[C@H]1CC[C@H]2[C@@H]3[C@H](O)CC4C[C@H](O)CC[C@]4(C)[C@@H]3CC[C@]12C. The molecule has 0 spiro atoms. The first-order chi connectivity index (χ1) is 15.8. The Bertz CT molecular complexity index is 863. The fourth-order valence-corrected chi connectivity index (χ4v) is 9.50. The van der Waals surface area contributed by atoms with Gasteiger partial charge in [-0.25, -0.2) is 0 Å². The van der Waals surface area contributed by atoms with Gasteiger partial charge in [0.15, 0.2) is 0 Å². The molecule has 34 heavy (non-hydrogen) atoms. The molecule has 1 amide bonds. The molecule has 0 saturated heterocycles. The van der Waals surface area contributed by atoms with Crippen LogP contribution in [0.15, 0.2) is 0 Å². The van der Waals surface area contributed by atoms with Crippen LogP contribution in [-0.4, -0.2) is 53.6 Å². The zero-order valence-electron chi connectivity index (χ0n) is 21.1. The lowest BCUT2D eigenvalue weighted by atomic mass is 9.43. The summed E-state index contributed by atoms with van der Waals surface area (Å²) in [6.45, 7) is 7.05. The van der Waals surface area contributed by atoms with Crippen LogP contribution in [0.2, 0.25) is 0 Å². The fraction of sp³-hybridized carbons (Fsp3) is 0.962. The zero-order valence-corrected chi connectivity index (χ0v) is 21.9. The monoisotopic (exact) mass is 499 g/mol. The Hall–Kier alpha value is -0.700. The van der Waals surface area contributed by atoms with Crippen molar-refractivity contribution in [1.82, 2.24) is 5.32 Å². The van der Waals surface area contributed by atoms with Gasteiger partial charge in [0.2, 0.25) is 5.91 Å². The van der Waals surface area contributed by atoms with Crippen molar-refractivity contribution in [2.24, 2.45) is 46.3 Å². The number of nitrogens with one attached hydrogen (secondary N) is 1. The van der Waals surface area contributed by atoms with Gasteiger partial charge >= 0.3 is 0 Å². The van der Waals surface area contributed by atoms with Gasteiger partial charge in [0.25, 0.3) is 10.1 Å². The van der Waals surface area contributed by atoms with E-state index in [1.807, 2.05) is 0 Å². The summed E-state index contributed by atoms with van der Waals surface area (Å²) in [6, 6.07) is 0. The van der Waals surface area contributed by atoms with E-state index in [-0.39, 0.29) is 35.5 Å². The molecule has 0 aromatic heterocycles. The average molecular weight is 500 g/mol. The molecule has 1 unspecified atom stereocenters. The van der Waals surface area contributed by atoms with E-state index in [9.17, 15) is 23.4 Å². The van der Waals surface area contributed by atoms with Crippen LogP contribution in [-0.2, 0) is 14.9 Å². The third kappa shape index (κ3) is 4.94. The number of rotatable bonds is 7. The molecule has 7 nitrogen and oxygen atoms in total. The minimum atomic E-state index is -4.06. The van der Waals surface area contributed by atoms with Gasteiger partial charge in [-0.1, -0.05) is 20.8 Å². The fourth-order valence-electron chi connectivity index (χ4n) is 9.14. The molecule has 196 valence electrons. The maximum absolute atomic E-state index is 12.2. The number of hydrogen-bond acceptors (Lipinski definition) is 5. The zero-order chi connectivity index (χ0) is 24.9. The van der Waals surface area contributed by atoms with E-state index in [4.69, 9.17) is 4.55 Å². The van der Waals surface area contributed by atoms with Crippen LogP contribution >= 0.6 is 0 Å². The first-order valence-corrected chi connectivity index (χ1v) is 15.0. The van der Waals surface area contributed by atoms with E-state index >= 15 is 0 Å². The summed E-state index contributed by atoms with van der Waals surface area (Å²) >= 11 is 0. The van der Waals surface area contributed by atoms with Gasteiger partial charge in [0, 0.05) is 13.0 Å². The lowest BCUT2D eigenvalue weighted by Gasteiger charge is -2.62. The lowest BCUT2D eigenvalue weighted by molar-refractivity contribution is -0.174. The second-order valence-corrected chi connectivity index (χ2v) is 14.2. The van der Waals surface area contributed by atoms with Gasteiger partial charge in [0.05, 0.1) is 18.0 Å². The molecule has 4 aliphatic rings. The number of fused-ring (bicyclic) bond motifs is 5. The largest absolute Gasteiger partial charge is 0.393 e. The molecular formula is C26H45NO6S. The van der Waals surface area contributed by atoms with Crippen LogP contribution in [0.4, 0.5) is 0 Å². The first kappa shape index (κ1) is 26.4. The van der Waals surface area contributed by atoms with Gasteiger partial charge < -0.3 is 15.5 Å². The lowest BCUT2D eigenvalue weighted by Crippen LogP contribution is -2.58. The quantitative estimate of drug-likeness (QED) is 0.398. The Kier molecular flexibility index (Phi) is 7.47. The van der Waals surface area contributed by atoms with Crippen molar-refractivity contribution in [3.8, 4) is 0 Å². The molecule has 0 aromatic rings. The van der Waals surface area contributed by atoms with E-state index in [1.165, 1.54) is 6.42 Å². The molecule has 4 fully saturated rings. The van der Waals surface area contributed by atoms with Gasteiger partial charge in [-0.05, 0) is 104 Å². The summed E-state index contributed by atoms with van der Waals surface area (Å²) in [4.78, 5) is 12.2. The summed E-state index contributed by atoms with van der Waals surface area (Å²) < 4.78 is 30.5. The number of hydrogen-bond donors (Lipinski definition) is 4. The van der Waals surface area contributed by atoms with Gasteiger partial charge in [-0.15, -0.1) is 0 Å². The maximum atomic E-state index is 12.2. The highest BCUT2D eigenvalue weighted by Crippen LogP contribution is 2.68. The Labute approximate surface area is 205 Å². The van der Waals surface area contributed by atoms with Crippen molar-refractivity contribution in [3.63, 3.8) is 0 Å². The molecule has 0 aromatic carbocycles. The molecule has 0 bridgehead atoms. The molecule has 4 saturated carbocycles. The van der Waals surface area contributed by atoms with Crippen LogP contribution in [0.25, 0.3) is 0 Å². The number of carbonyl (C=O) groups is 1. The highest BCUT2D eigenvalue weighted by atomic mass is 32.2. The van der Waals surface area contributed by atoms with E-state index in [0.29, 0.717) is 41.9 Å². The molecule has 4 N–H and O–H groups in total. The van der Waals surface area contributed by atoms with Crippen molar-refractivity contribution >= 4 is 16.0 Å². The average Bonchev–Trinajstić information content (AvgIpc) is 3.09. The Morgan fingerprint density at radius 1 is 1.03 bits per heavy atom. The Morgan fingerprint density at radius 2 is 1.71 bits per heavy atom. The number of aliphatic hydroxyl groups is 2. The number of carbonyl (C=O) groups excluding carboxylic acids is 1. The molecule has 8 heteroatoms. The minimum absolute atomic E-state index is 0.0625.